The van der Waals surface area contributed by atoms with Crippen LogP contribution in [0.3, 0.4) is 0 Å². The van der Waals surface area contributed by atoms with E-state index in [1.807, 2.05) is 41.7 Å². The molecule has 0 fully saturated rings. The average molecular weight is 476 g/mol. The molecule has 1 N–H and O–H groups in total. The highest BCUT2D eigenvalue weighted by Crippen LogP contribution is 2.33. The van der Waals surface area contributed by atoms with Gasteiger partial charge in [0.05, 0.1) is 48.1 Å². The van der Waals surface area contributed by atoms with Crippen molar-refractivity contribution in [2.45, 2.75) is 11.9 Å². The molecule has 0 atom stereocenters. The molecule has 2 aromatic heterocycles. The topological polar surface area (TPSA) is 70.2 Å². The lowest BCUT2D eigenvalue weighted by Gasteiger charge is -2.11. The molecule has 0 aliphatic carbocycles. The van der Waals surface area contributed by atoms with Crippen LogP contribution in [-0.4, -0.2) is 21.0 Å². The van der Waals surface area contributed by atoms with Crippen molar-refractivity contribution in [3.63, 3.8) is 0 Å². The number of hydrogen-bond acceptors (Lipinski definition) is 4. The number of pyridine rings is 1. The molecule has 0 radical (unpaired) electrons. The summed E-state index contributed by atoms with van der Waals surface area (Å²) in [5.74, 6) is -0.122. The number of hydrogen-bond donors (Lipinski definition) is 1. The van der Waals surface area contributed by atoms with E-state index >= 15 is 0 Å². The minimum absolute atomic E-state index is 0.128. The maximum absolute atomic E-state index is 12.5. The van der Waals surface area contributed by atoms with Crippen LogP contribution in [0, 0.1) is 18.3 Å². The van der Waals surface area contributed by atoms with Crippen LogP contribution in [0.1, 0.15) is 11.1 Å². The first-order chi connectivity index (χ1) is 14.4. The van der Waals surface area contributed by atoms with Gasteiger partial charge in [0.25, 0.3) is 0 Å². The highest BCUT2D eigenvalue weighted by atomic mass is 35.5. The third-order valence-corrected chi connectivity index (χ3v) is 6.52. The van der Waals surface area contributed by atoms with Crippen LogP contribution in [0.25, 0.3) is 16.7 Å². The molecule has 4 rings (SSSR count). The molecule has 0 unspecified atom stereocenters. The van der Waals surface area contributed by atoms with E-state index in [-0.39, 0.29) is 11.7 Å². The van der Waals surface area contributed by atoms with Gasteiger partial charge in [-0.25, -0.2) is 4.98 Å². The van der Waals surface area contributed by atoms with Gasteiger partial charge in [-0.05, 0) is 42.8 Å². The van der Waals surface area contributed by atoms with Gasteiger partial charge in [-0.2, -0.15) is 5.26 Å². The van der Waals surface area contributed by atoms with E-state index in [9.17, 15) is 10.1 Å². The number of carbonyl (C=O) groups excluding carboxylic acids is 1. The van der Waals surface area contributed by atoms with Crippen molar-refractivity contribution >= 4 is 74.8 Å². The van der Waals surface area contributed by atoms with E-state index in [0.29, 0.717) is 32.0 Å². The number of aryl methyl sites for hydroxylation is 1. The molecule has 150 valence electrons. The lowest BCUT2D eigenvalue weighted by molar-refractivity contribution is -0.113. The molecule has 0 bridgehead atoms. The predicted molar refractivity (Wildman–Crippen MR) is 123 cm³/mol. The summed E-state index contributed by atoms with van der Waals surface area (Å²) in [5.41, 5.74) is 3.95. The summed E-state index contributed by atoms with van der Waals surface area (Å²) in [5, 5.41) is 14.1. The smallest absolute Gasteiger partial charge is 0.234 e. The highest BCUT2D eigenvalue weighted by molar-refractivity contribution is 7.99. The van der Waals surface area contributed by atoms with Crippen LogP contribution in [0.5, 0.6) is 0 Å². The predicted octanol–water partition coefficient (Wildman–Crippen LogP) is 6.36. The molecule has 0 spiro atoms. The Bertz CT molecular complexity index is 1360. The van der Waals surface area contributed by atoms with Crippen LogP contribution in [0.15, 0.2) is 47.5 Å². The Labute approximate surface area is 191 Å². The van der Waals surface area contributed by atoms with Gasteiger partial charge < -0.3 is 5.32 Å². The molecule has 1 amide bonds. The highest BCUT2D eigenvalue weighted by Gasteiger charge is 2.17. The summed E-state index contributed by atoms with van der Waals surface area (Å²) in [6.07, 6.45) is 0. The van der Waals surface area contributed by atoms with Gasteiger partial charge >= 0.3 is 0 Å². The number of carbonyl (C=O) groups is 1. The van der Waals surface area contributed by atoms with Crippen LogP contribution in [-0.2, 0) is 4.79 Å². The first-order valence-electron chi connectivity index (χ1n) is 8.77. The van der Waals surface area contributed by atoms with Gasteiger partial charge in [-0.3, -0.25) is 9.20 Å². The average Bonchev–Trinajstić information content (AvgIpc) is 3.09. The third-order valence-electron chi connectivity index (χ3n) is 4.49. The van der Waals surface area contributed by atoms with E-state index in [0.717, 1.165) is 21.6 Å². The molecule has 0 aliphatic rings. The second kappa shape index (κ2) is 8.37. The molecule has 0 saturated carbocycles. The maximum Gasteiger partial charge on any atom is 0.234 e. The van der Waals surface area contributed by atoms with Crippen LogP contribution in [0.2, 0.25) is 15.1 Å². The number of nitrogens with one attached hydrogen (secondary N) is 1. The van der Waals surface area contributed by atoms with Crippen LogP contribution in [0.4, 0.5) is 5.69 Å². The van der Waals surface area contributed by atoms with Crippen LogP contribution >= 0.6 is 46.6 Å². The number of nitrogens with zero attached hydrogens (tertiary/aromatic N) is 3. The number of halogens is 3. The Kier molecular flexibility index (Phi) is 5.81. The summed E-state index contributed by atoms with van der Waals surface area (Å²) in [6, 6.07) is 14.8. The summed E-state index contributed by atoms with van der Waals surface area (Å²) in [7, 11) is 0. The van der Waals surface area contributed by atoms with Gasteiger partial charge in [-0.15, -0.1) is 0 Å². The van der Waals surface area contributed by atoms with Crippen molar-refractivity contribution in [2.75, 3.05) is 11.1 Å². The maximum atomic E-state index is 12.5. The van der Waals surface area contributed by atoms with Gasteiger partial charge in [-0.1, -0.05) is 58.7 Å². The van der Waals surface area contributed by atoms with Crippen molar-refractivity contribution in [3.05, 3.63) is 68.7 Å². The third kappa shape index (κ3) is 3.82. The number of rotatable bonds is 4. The number of amides is 1. The summed E-state index contributed by atoms with van der Waals surface area (Å²) < 4.78 is 1.91. The quantitative estimate of drug-likeness (QED) is 0.275. The van der Waals surface area contributed by atoms with E-state index in [1.165, 1.54) is 23.9 Å². The van der Waals surface area contributed by atoms with Gasteiger partial charge in [0.1, 0.15) is 6.07 Å². The van der Waals surface area contributed by atoms with Gasteiger partial charge in [0.15, 0.2) is 5.65 Å². The molecule has 2 aromatic carbocycles. The number of nitriles is 1. The first-order valence-corrected chi connectivity index (χ1v) is 10.9. The van der Waals surface area contributed by atoms with Crippen molar-refractivity contribution in [3.8, 4) is 6.07 Å². The van der Waals surface area contributed by atoms with Crippen molar-refractivity contribution in [1.82, 2.24) is 9.38 Å². The largest absolute Gasteiger partial charge is 0.324 e. The standard InChI is InChI=1S/C21H13Cl3N4OS/c1-11-6-20(28-18-5-3-2-4-16(18)27-21(28)12(11)9-25)30-10-19(29)26-17-8-14(23)13(22)7-15(17)24/h2-8H,10H2,1H3,(H,26,29). The Morgan fingerprint density at radius 1 is 1.17 bits per heavy atom. The number of thioether (sulfide) groups is 1. The molecule has 0 aliphatic heterocycles. The van der Waals surface area contributed by atoms with E-state index in [4.69, 9.17) is 34.8 Å². The lowest BCUT2D eigenvalue weighted by Crippen LogP contribution is -2.14. The number of anilines is 1. The van der Waals surface area contributed by atoms with Crippen molar-refractivity contribution < 1.29 is 4.79 Å². The Hall–Kier alpha value is -2.43. The monoisotopic (exact) mass is 474 g/mol. The fraction of sp³-hybridized carbons (Fsp3) is 0.0952. The minimum atomic E-state index is -0.250. The van der Waals surface area contributed by atoms with Gasteiger partial charge in [0, 0.05) is 0 Å². The van der Waals surface area contributed by atoms with E-state index in [1.54, 1.807) is 0 Å². The number of imidazole rings is 1. The fourth-order valence-electron chi connectivity index (χ4n) is 3.10. The molecular formula is C21H13Cl3N4OS. The van der Waals surface area contributed by atoms with Crippen molar-refractivity contribution in [1.29, 1.82) is 5.26 Å². The number of aromatic nitrogens is 2. The zero-order chi connectivity index (χ0) is 21.4. The van der Waals surface area contributed by atoms with Crippen molar-refractivity contribution in [2.24, 2.45) is 0 Å². The minimum Gasteiger partial charge on any atom is -0.324 e. The number of para-hydroxylation sites is 2. The number of fused-ring (bicyclic) bond motifs is 3. The molecule has 9 heteroatoms. The Morgan fingerprint density at radius 3 is 2.67 bits per heavy atom. The lowest BCUT2D eigenvalue weighted by atomic mass is 10.2. The zero-order valence-electron chi connectivity index (χ0n) is 15.5. The fourth-order valence-corrected chi connectivity index (χ4v) is 4.62. The van der Waals surface area contributed by atoms with Crippen LogP contribution < -0.4 is 5.32 Å². The SMILES string of the molecule is Cc1cc(SCC(=O)Nc2cc(Cl)c(Cl)cc2Cl)n2c(nc3ccccc32)c1C#N. The van der Waals surface area contributed by atoms with E-state index < -0.39 is 0 Å². The first kappa shape index (κ1) is 20.8. The van der Waals surface area contributed by atoms with E-state index in [2.05, 4.69) is 16.4 Å². The Balaban J connectivity index is 1.65. The molecule has 4 aromatic rings. The molecule has 5 nitrogen and oxygen atoms in total. The normalized spacial score (nSPS) is 11.0. The molecule has 30 heavy (non-hydrogen) atoms. The second-order valence-electron chi connectivity index (χ2n) is 6.49. The summed E-state index contributed by atoms with van der Waals surface area (Å²) in [4.78, 5) is 17.2. The number of benzene rings is 2. The second-order valence-corrected chi connectivity index (χ2v) is 8.71. The molecular weight excluding hydrogens is 463 g/mol. The molecule has 0 saturated heterocycles. The van der Waals surface area contributed by atoms with Gasteiger partial charge in [0.2, 0.25) is 5.91 Å². The Morgan fingerprint density at radius 2 is 1.90 bits per heavy atom. The molecule has 2 heterocycles. The summed E-state index contributed by atoms with van der Waals surface area (Å²) >= 11 is 19.4. The zero-order valence-corrected chi connectivity index (χ0v) is 18.6. The summed E-state index contributed by atoms with van der Waals surface area (Å²) in [6.45, 7) is 1.86.